The fourth-order valence-corrected chi connectivity index (χ4v) is 4.62. The summed E-state index contributed by atoms with van der Waals surface area (Å²) in [5.41, 5.74) is 11.9. The number of fused-ring (bicyclic) bond motifs is 5. The summed E-state index contributed by atoms with van der Waals surface area (Å²) < 4.78 is 15.9. The second-order valence-electron chi connectivity index (χ2n) is 8.35. The number of hydrogen-bond acceptors (Lipinski definition) is 7. The molecule has 2 aliphatic heterocycles. The number of rotatable bonds is 2. The number of aromatic nitrogens is 4. The molecule has 4 heterocycles. The molecule has 0 saturated heterocycles. The van der Waals surface area contributed by atoms with Crippen molar-refractivity contribution in [3.63, 3.8) is 0 Å². The molecule has 0 saturated carbocycles. The van der Waals surface area contributed by atoms with Gasteiger partial charge in [-0.2, -0.15) is 0 Å². The molecular formula is C25H21N7O2. The lowest BCUT2D eigenvalue weighted by Crippen LogP contribution is -2.31. The molecule has 0 aliphatic carbocycles. The van der Waals surface area contributed by atoms with Crippen molar-refractivity contribution in [2.24, 2.45) is 10.7 Å². The van der Waals surface area contributed by atoms with Crippen molar-refractivity contribution in [2.45, 2.75) is 12.6 Å². The van der Waals surface area contributed by atoms with Crippen LogP contribution in [0.5, 0.6) is 11.5 Å². The van der Waals surface area contributed by atoms with Crippen LogP contribution in [-0.2, 0) is 0 Å². The van der Waals surface area contributed by atoms with Gasteiger partial charge in [-0.05, 0) is 29.8 Å². The van der Waals surface area contributed by atoms with Crippen LogP contribution < -0.4 is 20.5 Å². The highest BCUT2D eigenvalue weighted by atomic mass is 16.5. The number of anilines is 1. The number of benzene rings is 3. The highest BCUT2D eigenvalue weighted by Gasteiger charge is 2.27. The summed E-state index contributed by atoms with van der Waals surface area (Å²) in [7, 11) is 0. The van der Waals surface area contributed by atoms with E-state index in [9.17, 15) is 0 Å². The fraction of sp³-hybridized carbons (Fsp3) is 0.160. The van der Waals surface area contributed by atoms with Crippen molar-refractivity contribution in [3.8, 4) is 17.2 Å². The first-order valence-corrected chi connectivity index (χ1v) is 11.2. The van der Waals surface area contributed by atoms with E-state index in [1.807, 2.05) is 41.2 Å². The van der Waals surface area contributed by atoms with Crippen LogP contribution in [0, 0.1) is 0 Å². The topological polar surface area (TPSA) is 105 Å². The van der Waals surface area contributed by atoms with E-state index < -0.39 is 0 Å². The molecule has 34 heavy (non-hydrogen) atoms. The van der Waals surface area contributed by atoms with Gasteiger partial charge in [0, 0.05) is 24.2 Å². The van der Waals surface area contributed by atoms with Crippen LogP contribution in [0.2, 0.25) is 0 Å². The first-order chi connectivity index (χ1) is 16.7. The van der Waals surface area contributed by atoms with Gasteiger partial charge in [0.15, 0.2) is 23.6 Å². The van der Waals surface area contributed by atoms with Gasteiger partial charge in [0.1, 0.15) is 6.33 Å². The molecule has 168 valence electrons. The molecule has 0 fully saturated rings. The Morgan fingerprint density at radius 2 is 1.71 bits per heavy atom. The van der Waals surface area contributed by atoms with Crippen LogP contribution in [0.4, 0.5) is 5.95 Å². The van der Waals surface area contributed by atoms with E-state index in [2.05, 4.69) is 45.2 Å². The number of nitrogens with zero attached hydrogens (tertiary/aromatic N) is 5. The van der Waals surface area contributed by atoms with Crippen LogP contribution in [0.3, 0.4) is 0 Å². The van der Waals surface area contributed by atoms with Crippen molar-refractivity contribution in [3.05, 3.63) is 72.6 Å². The lowest BCUT2D eigenvalue weighted by molar-refractivity contribution is 0.297. The second-order valence-corrected chi connectivity index (χ2v) is 8.35. The Labute approximate surface area is 194 Å². The SMILES string of the molecule is NC1=NC(c2ccc(-n3cnc4ccccc43)cc2)n2c(nc3cc4c(cc32)OCCCO4)N1. The molecule has 3 N–H and O–H groups in total. The molecule has 1 unspecified atom stereocenters. The second kappa shape index (κ2) is 7.24. The molecule has 0 amide bonds. The maximum Gasteiger partial charge on any atom is 0.212 e. The zero-order chi connectivity index (χ0) is 22.6. The quantitative estimate of drug-likeness (QED) is 0.423. The summed E-state index contributed by atoms with van der Waals surface area (Å²) in [6.45, 7) is 1.25. The number of nitrogens with one attached hydrogen (secondary N) is 1. The number of para-hydroxylation sites is 2. The average Bonchev–Trinajstić information content (AvgIpc) is 3.36. The summed E-state index contributed by atoms with van der Waals surface area (Å²) in [5.74, 6) is 2.39. The minimum absolute atomic E-state index is 0.326. The van der Waals surface area contributed by atoms with Gasteiger partial charge in [-0.15, -0.1) is 0 Å². The van der Waals surface area contributed by atoms with E-state index in [1.165, 1.54) is 0 Å². The Bertz CT molecular complexity index is 1580. The van der Waals surface area contributed by atoms with E-state index in [-0.39, 0.29) is 6.17 Å². The summed E-state index contributed by atoms with van der Waals surface area (Å²) >= 11 is 0. The number of nitrogens with two attached hydrogens (primary N) is 1. The largest absolute Gasteiger partial charge is 0.489 e. The molecule has 0 bridgehead atoms. The van der Waals surface area contributed by atoms with Gasteiger partial charge in [-0.1, -0.05) is 24.3 Å². The van der Waals surface area contributed by atoms with Crippen molar-refractivity contribution < 1.29 is 9.47 Å². The molecule has 0 spiro atoms. The smallest absolute Gasteiger partial charge is 0.212 e. The van der Waals surface area contributed by atoms with Crippen molar-refractivity contribution in [1.82, 2.24) is 19.1 Å². The van der Waals surface area contributed by atoms with Crippen LogP contribution in [0.15, 0.2) is 72.0 Å². The Hall–Kier alpha value is -4.53. The third-order valence-corrected chi connectivity index (χ3v) is 6.23. The van der Waals surface area contributed by atoms with E-state index >= 15 is 0 Å². The van der Waals surface area contributed by atoms with Gasteiger partial charge in [-0.3, -0.25) is 14.5 Å². The highest BCUT2D eigenvalue weighted by molar-refractivity contribution is 5.95. The van der Waals surface area contributed by atoms with Crippen LogP contribution >= 0.6 is 0 Å². The molecule has 3 aromatic carbocycles. The zero-order valence-corrected chi connectivity index (χ0v) is 18.2. The third-order valence-electron chi connectivity index (χ3n) is 6.23. The predicted octanol–water partition coefficient (Wildman–Crippen LogP) is 3.82. The Kier molecular flexibility index (Phi) is 4.04. The van der Waals surface area contributed by atoms with E-state index in [0.29, 0.717) is 30.9 Å². The minimum atomic E-state index is -0.362. The maximum absolute atomic E-state index is 6.14. The van der Waals surface area contributed by atoms with Crippen LogP contribution in [0.1, 0.15) is 18.2 Å². The van der Waals surface area contributed by atoms with Crippen LogP contribution in [-0.4, -0.2) is 38.3 Å². The number of hydrogen-bond donors (Lipinski definition) is 2. The van der Waals surface area contributed by atoms with Gasteiger partial charge in [0.25, 0.3) is 0 Å². The number of ether oxygens (including phenoxy) is 2. The highest BCUT2D eigenvalue weighted by Crippen LogP contribution is 2.39. The number of imidazole rings is 2. The van der Waals surface area contributed by atoms with Crippen LogP contribution in [0.25, 0.3) is 27.8 Å². The number of aliphatic imine (C=N–C) groups is 1. The number of guanidine groups is 1. The zero-order valence-electron chi connectivity index (χ0n) is 18.2. The summed E-state index contributed by atoms with van der Waals surface area (Å²) in [4.78, 5) is 14.0. The Balaban J connectivity index is 1.32. The molecule has 1 atom stereocenters. The maximum atomic E-state index is 6.14. The van der Waals surface area contributed by atoms with Gasteiger partial charge in [0.2, 0.25) is 5.95 Å². The van der Waals surface area contributed by atoms with Crippen molar-refractivity contribution >= 4 is 34.0 Å². The third kappa shape index (κ3) is 2.90. The van der Waals surface area contributed by atoms with E-state index in [1.54, 1.807) is 0 Å². The van der Waals surface area contributed by atoms with Crippen molar-refractivity contribution in [2.75, 3.05) is 18.5 Å². The Morgan fingerprint density at radius 1 is 0.912 bits per heavy atom. The first-order valence-electron chi connectivity index (χ1n) is 11.2. The molecule has 7 rings (SSSR count). The lowest BCUT2D eigenvalue weighted by atomic mass is 10.1. The summed E-state index contributed by atoms with van der Waals surface area (Å²) in [6.07, 6.45) is 2.33. The lowest BCUT2D eigenvalue weighted by Gasteiger charge is -2.24. The standard InChI is InChI=1S/C25H21N7O2/c26-24-29-23(15-6-8-16(9-7-15)31-14-27-17-4-1-2-5-19(17)31)32-20-13-22-21(33-10-3-11-34-22)12-18(20)28-25(32)30-24/h1-2,4-9,12-14,23H,3,10-11H2,(H3,26,28,29,30). The minimum Gasteiger partial charge on any atom is -0.489 e. The molecule has 9 heteroatoms. The van der Waals surface area contributed by atoms with Gasteiger partial charge in [0.05, 0.1) is 35.3 Å². The summed E-state index contributed by atoms with van der Waals surface area (Å²) in [6, 6.07) is 20.2. The molecule has 9 nitrogen and oxygen atoms in total. The van der Waals surface area contributed by atoms with Gasteiger partial charge >= 0.3 is 0 Å². The molecule has 5 aromatic rings. The summed E-state index contributed by atoms with van der Waals surface area (Å²) in [5, 5.41) is 3.09. The van der Waals surface area contributed by atoms with Crippen molar-refractivity contribution in [1.29, 1.82) is 0 Å². The van der Waals surface area contributed by atoms with Gasteiger partial charge in [-0.25, -0.2) is 15.0 Å². The molecular weight excluding hydrogens is 430 g/mol. The molecule has 2 aliphatic rings. The monoisotopic (exact) mass is 451 g/mol. The molecule has 0 radical (unpaired) electrons. The first kappa shape index (κ1) is 19.0. The Morgan fingerprint density at radius 3 is 2.56 bits per heavy atom. The van der Waals surface area contributed by atoms with E-state index in [0.717, 1.165) is 45.5 Å². The normalized spacial score (nSPS) is 17.2. The average molecular weight is 451 g/mol. The fourth-order valence-electron chi connectivity index (χ4n) is 4.62. The van der Waals surface area contributed by atoms with E-state index in [4.69, 9.17) is 25.2 Å². The molecule has 2 aromatic heterocycles. The predicted molar refractivity (Wildman–Crippen MR) is 130 cm³/mol. The van der Waals surface area contributed by atoms with Gasteiger partial charge < -0.3 is 15.2 Å².